The number of carbonyl (C=O) groups is 2. The Hall–Kier alpha value is -3.96. The molecule has 0 bridgehead atoms. The zero-order valence-electron chi connectivity index (χ0n) is 17.9. The number of hydrogen-bond acceptors (Lipinski definition) is 7. The fourth-order valence-corrected chi connectivity index (χ4v) is 3.32. The third-order valence-electron chi connectivity index (χ3n) is 4.60. The van der Waals surface area contributed by atoms with Crippen molar-refractivity contribution < 1.29 is 24.0 Å². The highest BCUT2D eigenvalue weighted by Gasteiger charge is 2.17. The molecule has 0 aliphatic heterocycles. The number of urea groups is 1. The van der Waals surface area contributed by atoms with E-state index >= 15 is 0 Å². The first-order valence-electron chi connectivity index (χ1n) is 9.61. The number of thiol groups is 1. The van der Waals surface area contributed by atoms with Gasteiger partial charge in [0.15, 0.2) is 0 Å². The van der Waals surface area contributed by atoms with Crippen LogP contribution in [0.15, 0.2) is 60.7 Å². The molecule has 2 N–H and O–H groups in total. The van der Waals surface area contributed by atoms with Gasteiger partial charge >= 0.3 is 6.03 Å². The lowest BCUT2D eigenvalue weighted by atomic mass is 10.2. The van der Waals surface area contributed by atoms with Gasteiger partial charge in [-0.2, -0.15) is 0 Å². The van der Waals surface area contributed by atoms with Crippen LogP contribution in [0, 0.1) is 10.1 Å². The minimum atomic E-state index is -0.587. The summed E-state index contributed by atoms with van der Waals surface area (Å²) in [6, 6.07) is 14.1. The van der Waals surface area contributed by atoms with E-state index in [0.29, 0.717) is 28.6 Å². The van der Waals surface area contributed by atoms with Gasteiger partial charge in [-0.05, 0) is 36.4 Å². The highest BCUT2D eigenvalue weighted by molar-refractivity contribution is 7.82. The Bertz CT molecular complexity index is 1240. The van der Waals surface area contributed by atoms with Crippen LogP contribution in [0.1, 0.15) is 10.4 Å². The van der Waals surface area contributed by atoms with Gasteiger partial charge in [-0.3, -0.25) is 14.9 Å². The van der Waals surface area contributed by atoms with Gasteiger partial charge in [0.25, 0.3) is 11.6 Å². The van der Waals surface area contributed by atoms with Gasteiger partial charge in [-0.1, -0.05) is 30.5 Å². The zero-order valence-corrected chi connectivity index (χ0v) is 19.6. The first kappa shape index (κ1) is 24.7. The molecule has 10 nitrogen and oxygen atoms in total. The second kappa shape index (κ2) is 10.8. The number of ether oxygens (including phenoxy) is 2. The number of rotatable bonds is 7. The smallest absolute Gasteiger partial charge is 0.336 e. The molecule has 34 heavy (non-hydrogen) atoms. The number of carbonyl (C=O) groups excluding carboxylic acids is 2. The van der Waals surface area contributed by atoms with Crippen LogP contribution in [0.5, 0.6) is 11.5 Å². The highest BCUT2D eigenvalue weighted by Crippen LogP contribution is 2.36. The number of hydrogen-bond donors (Lipinski definition) is 3. The minimum Gasteiger partial charge on any atom is -0.495 e. The molecule has 0 saturated carbocycles. The maximum atomic E-state index is 12.7. The Morgan fingerprint density at radius 2 is 1.68 bits per heavy atom. The summed E-state index contributed by atoms with van der Waals surface area (Å²) in [5, 5.41) is 16.5. The van der Waals surface area contributed by atoms with Crippen LogP contribution >= 0.6 is 24.4 Å². The number of anilines is 3. The van der Waals surface area contributed by atoms with E-state index in [2.05, 4.69) is 23.4 Å². The molecule has 3 rings (SSSR count). The summed E-state index contributed by atoms with van der Waals surface area (Å²) in [6.45, 7) is 0. The van der Waals surface area contributed by atoms with Crippen molar-refractivity contribution in [3.8, 4) is 11.5 Å². The number of halogens is 1. The normalized spacial score (nSPS) is 10.2. The van der Waals surface area contributed by atoms with Crippen LogP contribution in [-0.4, -0.2) is 31.1 Å². The summed E-state index contributed by atoms with van der Waals surface area (Å²) < 4.78 is 11.5. The average Bonchev–Trinajstić information content (AvgIpc) is 2.84. The van der Waals surface area contributed by atoms with E-state index in [0.717, 1.165) is 4.31 Å². The standard InChI is InChI=1S/C22H19ClN4O6S/c1-32-19-12-20(33-2)18(11-17(19)23)25-22(29)26(34)15-8-6-14(7-9-15)24-21(28)13-4-3-5-16(10-13)27(30)31/h3-12,34H,1-2H3,(H,24,28)(H,25,29). The number of non-ortho nitro benzene ring substituents is 1. The van der Waals surface area contributed by atoms with Gasteiger partial charge in [-0.15, -0.1) is 0 Å². The Labute approximate surface area is 205 Å². The highest BCUT2D eigenvalue weighted by atomic mass is 35.5. The van der Waals surface area contributed by atoms with E-state index in [4.69, 9.17) is 21.1 Å². The molecule has 0 saturated heterocycles. The summed E-state index contributed by atoms with van der Waals surface area (Å²) in [6.07, 6.45) is 0. The number of nitrogens with zero attached hydrogens (tertiary/aromatic N) is 2. The van der Waals surface area contributed by atoms with E-state index in [-0.39, 0.29) is 16.3 Å². The van der Waals surface area contributed by atoms with Gasteiger partial charge in [0.1, 0.15) is 11.5 Å². The number of benzene rings is 3. The quantitative estimate of drug-likeness (QED) is 0.226. The van der Waals surface area contributed by atoms with Gasteiger partial charge in [-0.25, -0.2) is 9.10 Å². The van der Waals surface area contributed by atoms with Crippen molar-refractivity contribution in [2.75, 3.05) is 29.2 Å². The summed E-state index contributed by atoms with van der Waals surface area (Å²) >= 11 is 10.4. The van der Waals surface area contributed by atoms with E-state index in [9.17, 15) is 19.7 Å². The lowest BCUT2D eigenvalue weighted by Gasteiger charge is -2.19. The Kier molecular flexibility index (Phi) is 7.82. The van der Waals surface area contributed by atoms with E-state index in [1.54, 1.807) is 30.3 Å². The molecule has 12 heteroatoms. The molecule has 3 amide bonds. The van der Waals surface area contributed by atoms with Crippen LogP contribution in [0.2, 0.25) is 5.02 Å². The molecule has 0 heterocycles. The van der Waals surface area contributed by atoms with Crippen LogP contribution in [0.25, 0.3) is 0 Å². The SMILES string of the molecule is COc1cc(OC)c(NC(=O)N(S)c2ccc(NC(=O)c3cccc([N+](=O)[O-])c3)cc2)cc1Cl. The fourth-order valence-electron chi connectivity index (χ4n) is 2.89. The van der Waals surface area contributed by atoms with Crippen molar-refractivity contribution in [3.05, 3.63) is 81.4 Å². The molecule has 0 atom stereocenters. The lowest BCUT2D eigenvalue weighted by Crippen LogP contribution is -2.27. The lowest BCUT2D eigenvalue weighted by molar-refractivity contribution is -0.384. The summed E-state index contributed by atoms with van der Waals surface area (Å²) in [7, 11) is 2.90. The molecule has 0 spiro atoms. The van der Waals surface area contributed by atoms with Crippen LogP contribution in [0.3, 0.4) is 0 Å². The predicted molar refractivity (Wildman–Crippen MR) is 133 cm³/mol. The second-order valence-corrected chi connectivity index (χ2v) is 7.54. The molecule has 0 unspecified atom stereocenters. The van der Waals surface area contributed by atoms with Crippen LogP contribution < -0.4 is 24.4 Å². The number of nitro benzene ring substituents is 1. The third kappa shape index (κ3) is 5.69. The largest absolute Gasteiger partial charge is 0.495 e. The van der Waals surface area contributed by atoms with Gasteiger partial charge in [0, 0.05) is 29.4 Å². The molecule has 0 aliphatic carbocycles. The number of nitro groups is 1. The maximum absolute atomic E-state index is 12.7. The molecule has 0 radical (unpaired) electrons. The number of nitrogens with one attached hydrogen (secondary N) is 2. The van der Waals surface area contributed by atoms with Crippen molar-refractivity contribution >= 4 is 59.1 Å². The fraction of sp³-hybridized carbons (Fsp3) is 0.0909. The predicted octanol–water partition coefficient (Wildman–Crippen LogP) is 5.40. The minimum absolute atomic E-state index is 0.139. The van der Waals surface area contributed by atoms with Crippen LogP contribution in [0.4, 0.5) is 27.5 Å². The van der Waals surface area contributed by atoms with Crippen molar-refractivity contribution in [3.63, 3.8) is 0 Å². The van der Waals surface area contributed by atoms with Gasteiger partial charge in [0.2, 0.25) is 0 Å². The number of amides is 3. The first-order valence-corrected chi connectivity index (χ1v) is 10.4. The molecule has 0 aliphatic rings. The second-order valence-electron chi connectivity index (χ2n) is 6.74. The van der Waals surface area contributed by atoms with E-state index in [1.807, 2.05) is 0 Å². The Balaban J connectivity index is 1.69. The zero-order chi connectivity index (χ0) is 24.8. The molecule has 3 aromatic carbocycles. The van der Waals surface area contributed by atoms with Crippen molar-refractivity contribution in [2.45, 2.75) is 0 Å². The maximum Gasteiger partial charge on any atom is 0.336 e. The van der Waals surface area contributed by atoms with Crippen molar-refractivity contribution in [2.24, 2.45) is 0 Å². The Morgan fingerprint density at radius 1 is 1.00 bits per heavy atom. The molecule has 3 aromatic rings. The molecule has 176 valence electrons. The van der Waals surface area contributed by atoms with E-state index < -0.39 is 16.9 Å². The molecule has 0 aromatic heterocycles. The topological polar surface area (TPSA) is 123 Å². The summed E-state index contributed by atoms with van der Waals surface area (Å²) in [4.78, 5) is 35.4. The molecular weight excluding hydrogens is 484 g/mol. The summed E-state index contributed by atoms with van der Waals surface area (Å²) in [5.74, 6) is 0.220. The van der Waals surface area contributed by atoms with Crippen molar-refractivity contribution in [1.29, 1.82) is 0 Å². The van der Waals surface area contributed by atoms with Crippen molar-refractivity contribution in [1.82, 2.24) is 0 Å². The monoisotopic (exact) mass is 502 g/mol. The third-order valence-corrected chi connectivity index (χ3v) is 5.30. The Morgan fingerprint density at radius 3 is 2.29 bits per heavy atom. The van der Waals surface area contributed by atoms with E-state index in [1.165, 1.54) is 44.6 Å². The van der Waals surface area contributed by atoms with Gasteiger partial charge < -0.3 is 20.1 Å². The van der Waals surface area contributed by atoms with Crippen LogP contribution in [-0.2, 0) is 0 Å². The number of methoxy groups -OCH3 is 2. The molecular formula is C22H19ClN4O6S. The summed E-state index contributed by atoms with van der Waals surface area (Å²) in [5.41, 5.74) is 1.10. The molecule has 0 fully saturated rings. The average molecular weight is 503 g/mol. The first-order chi connectivity index (χ1) is 16.2. The van der Waals surface area contributed by atoms with Gasteiger partial charge in [0.05, 0.1) is 35.5 Å².